The zero-order valence-electron chi connectivity index (χ0n) is 11.6. The normalized spacial score (nSPS) is 10.6. The maximum atomic E-state index is 12.4. The Morgan fingerprint density at radius 2 is 2.20 bits per heavy atom. The van der Waals surface area contributed by atoms with Crippen molar-refractivity contribution in [2.45, 2.75) is 13.3 Å². The fourth-order valence-electron chi connectivity index (χ4n) is 2.04. The smallest absolute Gasteiger partial charge is 0.170 e. The molecule has 2 N–H and O–H groups in total. The minimum absolute atomic E-state index is 0.0474. The van der Waals surface area contributed by atoms with Crippen molar-refractivity contribution in [2.75, 3.05) is 12.8 Å². The second kappa shape index (κ2) is 5.66. The predicted octanol–water partition coefficient (Wildman–Crippen LogP) is 2.51. The quantitative estimate of drug-likeness (QED) is 0.687. The topological polar surface area (TPSA) is 70.1 Å². The molecule has 0 radical (unpaired) electrons. The Morgan fingerprint density at radius 3 is 2.70 bits per heavy atom. The largest absolute Gasteiger partial charge is 0.497 e. The first-order valence-corrected chi connectivity index (χ1v) is 6.88. The highest BCUT2D eigenvalue weighted by Crippen LogP contribution is 2.24. The highest BCUT2D eigenvalue weighted by molar-refractivity contribution is 9.10. The summed E-state index contributed by atoms with van der Waals surface area (Å²) in [5.41, 5.74) is 8.51. The molecule has 0 fully saturated rings. The summed E-state index contributed by atoms with van der Waals surface area (Å²) < 4.78 is 7.64. The standard InChI is InChI=1S/C14H16BrN3O2/c1-8-14(15)12(18(2)17-8)7-13(19)10-5-4-9(20-3)6-11(10)16/h4-6H,7,16H2,1-3H3. The number of hydrogen-bond donors (Lipinski definition) is 1. The zero-order chi connectivity index (χ0) is 14.9. The lowest BCUT2D eigenvalue weighted by Crippen LogP contribution is -2.10. The van der Waals surface area contributed by atoms with Crippen LogP contribution in [0.4, 0.5) is 5.69 Å². The molecule has 20 heavy (non-hydrogen) atoms. The maximum absolute atomic E-state index is 12.4. The van der Waals surface area contributed by atoms with Crippen molar-refractivity contribution >= 4 is 27.4 Å². The third-order valence-corrected chi connectivity index (χ3v) is 4.18. The van der Waals surface area contributed by atoms with Gasteiger partial charge in [-0.3, -0.25) is 9.48 Å². The van der Waals surface area contributed by atoms with Crippen LogP contribution in [0.25, 0.3) is 0 Å². The molecular weight excluding hydrogens is 322 g/mol. The molecule has 0 bridgehead atoms. The molecule has 0 aliphatic heterocycles. The van der Waals surface area contributed by atoms with E-state index in [-0.39, 0.29) is 12.2 Å². The van der Waals surface area contributed by atoms with E-state index in [0.29, 0.717) is 17.0 Å². The van der Waals surface area contributed by atoms with Gasteiger partial charge in [0.25, 0.3) is 0 Å². The van der Waals surface area contributed by atoms with E-state index >= 15 is 0 Å². The molecular formula is C14H16BrN3O2. The molecule has 0 saturated carbocycles. The Morgan fingerprint density at radius 1 is 1.50 bits per heavy atom. The van der Waals surface area contributed by atoms with Gasteiger partial charge in [-0.15, -0.1) is 0 Å². The molecule has 0 aliphatic carbocycles. The van der Waals surface area contributed by atoms with E-state index in [2.05, 4.69) is 21.0 Å². The number of benzene rings is 1. The summed E-state index contributed by atoms with van der Waals surface area (Å²) >= 11 is 3.46. The minimum atomic E-state index is -0.0474. The minimum Gasteiger partial charge on any atom is -0.497 e. The average Bonchev–Trinajstić information content (AvgIpc) is 2.65. The lowest BCUT2D eigenvalue weighted by atomic mass is 10.0. The third-order valence-electron chi connectivity index (χ3n) is 3.15. The average molecular weight is 338 g/mol. The van der Waals surface area contributed by atoms with Crippen molar-refractivity contribution in [1.82, 2.24) is 9.78 Å². The van der Waals surface area contributed by atoms with Crippen LogP contribution >= 0.6 is 15.9 Å². The van der Waals surface area contributed by atoms with Crippen molar-refractivity contribution in [3.8, 4) is 5.75 Å². The number of nitrogens with zero attached hydrogens (tertiary/aromatic N) is 2. The van der Waals surface area contributed by atoms with Crippen molar-refractivity contribution in [3.63, 3.8) is 0 Å². The number of carbonyl (C=O) groups is 1. The number of nitrogen functional groups attached to an aromatic ring is 1. The molecule has 1 heterocycles. The van der Waals surface area contributed by atoms with Crippen molar-refractivity contribution in [3.05, 3.63) is 39.6 Å². The first-order chi connectivity index (χ1) is 9.43. The molecule has 2 rings (SSSR count). The van der Waals surface area contributed by atoms with Gasteiger partial charge in [-0.05, 0) is 35.0 Å². The summed E-state index contributed by atoms with van der Waals surface area (Å²) in [6.45, 7) is 1.89. The van der Waals surface area contributed by atoms with E-state index in [0.717, 1.165) is 15.9 Å². The number of rotatable bonds is 4. The van der Waals surface area contributed by atoms with Crippen LogP contribution in [0.3, 0.4) is 0 Å². The van der Waals surface area contributed by atoms with Gasteiger partial charge in [-0.2, -0.15) is 5.10 Å². The van der Waals surface area contributed by atoms with E-state index < -0.39 is 0 Å². The molecule has 5 nitrogen and oxygen atoms in total. The fourth-order valence-corrected chi connectivity index (χ4v) is 2.52. The summed E-state index contributed by atoms with van der Waals surface area (Å²) in [6.07, 6.45) is 0.244. The molecule has 0 saturated heterocycles. The number of ether oxygens (including phenoxy) is 1. The molecule has 1 aromatic heterocycles. The van der Waals surface area contributed by atoms with Crippen LogP contribution < -0.4 is 10.5 Å². The van der Waals surface area contributed by atoms with Crippen molar-refractivity contribution in [1.29, 1.82) is 0 Å². The number of nitrogens with two attached hydrogens (primary N) is 1. The van der Waals surface area contributed by atoms with E-state index in [1.54, 1.807) is 30.0 Å². The lowest BCUT2D eigenvalue weighted by Gasteiger charge is -2.08. The number of Topliss-reactive ketones (excluding diaryl/α,β-unsaturated/α-hetero) is 1. The van der Waals surface area contributed by atoms with Crippen LogP contribution in [0.1, 0.15) is 21.7 Å². The number of carbonyl (C=O) groups excluding carboxylic acids is 1. The molecule has 0 atom stereocenters. The molecule has 0 aliphatic rings. The van der Waals surface area contributed by atoms with Crippen LogP contribution in [0.2, 0.25) is 0 Å². The fraction of sp³-hybridized carbons (Fsp3) is 0.286. The van der Waals surface area contributed by atoms with Crippen LogP contribution in [-0.4, -0.2) is 22.7 Å². The lowest BCUT2D eigenvalue weighted by molar-refractivity contribution is 0.0991. The monoisotopic (exact) mass is 337 g/mol. The van der Waals surface area contributed by atoms with Crippen LogP contribution in [-0.2, 0) is 13.5 Å². The highest BCUT2D eigenvalue weighted by atomic mass is 79.9. The summed E-state index contributed by atoms with van der Waals surface area (Å²) in [5.74, 6) is 0.588. The first kappa shape index (κ1) is 14.6. The van der Waals surface area contributed by atoms with E-state index in [9.17, 15) is 4.79 Å². The van der Waals surface area contributed by atoms with Gasteiger partial charge in [0.15, 0.2) is 5.78 Å². The van der Waals surface area contributed by atoms with Crippen molar-refractivity contribution in [2.24, 2.45) is 7.05 Å². The number of halogens is 1. The molecule has 6 heteroatoms. The van der Waals surface area contributed by atoms with Crippen LogP contribution in [0.5, 0.6) is 5.75 Å². The highest BCUT2D eigenvalue weighted by Gasteiger charge is 2.17. The number of methoxy groups -OCH3 is 1. The summed E-state index contributed by atoms with van der Waals surface area (Å²) in [7, 11) is 3.38. The van der Waals surface area contributed by atoms with Crippen molar-refractivity contribution < 1.29 is 9.53 Å². The molecule has 0 amide bonds. The van der Waals surface area contributed by atoms with E-state index in [1.807, 2.05) is 14.0 Å². The van der Waals surface area contributed by atoms with Gasteiger partial charge in [0, 0.05) is 24.4 Å². The number of aromatic nitrogens is 2. The van der Waals surface area contributed by atoms with Gasteiger partial charge < -0.3 is 10.5 Å². The van der Waals surface area contributed by atoms with Gasteiger partial charge in [-0.1, -0.05) is 0 Å². The first-order valence-electron chi connectivity index (χ1n) is 6.08. The van der Waals surface area contributed by atoms with Gasteiger partial charge in [0.2, 0.25) is 0 Å². The maximum Gasteiger partial charge on any atom is 0.170 e. The Balaban J connectivity index is 2.28. The summed E-state index contributed by atoms with van der Waals surface area (Å²) in [6, 6.07) is 5.07. The SMILES string of the molecule is COc1ccc(C(=O)Cc2c(Br)c(C)nn2C)c(N)c1. The molecule has 0 spiro atoms. The zero-order valence-corrected chi connectivity index (χ0v) is 13.2. The summed E-state index contributed by atoms with van der Waals surface area (Å²) in [4.78, 5) is 12.4. The molecule has 106 valence electrons. The second-order valence-corrected chi connectivity index (χ2v) is 5.32. The number of hydrogen-bond acceptors (Lipinski definition) is 4. The van der Waals surface area contributed by atoms with E-state index in [1.165, 1.54) is 0 Å². The molecule has 2 aromatic rings. The molecule has 1 aromatic carbocycles. The molecule has 0 unspecified atom stereocenters. The number of ketones is 1. The number of aryl methyl sites for hydroxylation is 2. The van der Waals surface area contributed by atoms with Gasteiger partial charge in [-0.25, -0.2) is 0 Å². The summed E-state index contributed by atoms with van der Waals surface area (Å²) in [5, 5.41) is 4.27. The number of anilines is 1. The van der Waals surface area contributed by atoms with Crippen LogP contribution in [0, 0.1) is 6.92 Å². The third kappa shape index (κ3) is 2.70. The van der Waals surface area contributed by atoms with Gasteiger partial charge >= 0.3 is 0 Å². The van der Waals surface area contributed by atoms with E-state index in [4.69, 9.17) is 10.5 Å². The Bertz CT molecular complexity index is 665. The predicted molar refractivity (Wildman–Crippen MR) is 81.1 cm³/mol. The Kier molecular flexibility index (Phi) is 4.13. The Labute approximate surface area is 125 Å². The Hall–Kier alpha value is -1.82. The van der Waals surface area contributed by atoms with Crippen LogP contribution in [0.15, 0.2) is 22.7 Å². The van der Waals surface area contributed by atoms with Gasteiger partial charge in [0.05, 0.1) is 29.4 Å². The van der Waals surface area contributed by atoms with Gasteiger partial charge in [0.1, 0.15) is 5.75 Å². The second-order valence-electron chi connectivity index (χ2n) is 4.52.